The fourth-order valence-electron chi connectivity index (χ4n) is 4.68. The van der Waals surface area contributed by atoms with Crippen molar-refractivity contribution in [1.82, 2.24) is 0 Å². The van der Waals surface area contributed by atoms with E-state index in [2.05, 4.69) is 0 Å². The summed E-state index contributed by atoms with van der Waals surface area (Å²) in [4.78, 5) is 12.7. The Bertz CT molecular complexity index is 1280. The van der Waals surface area contributed by atoms with Crippen molar-refractivity contribution < 1.29 is 29.2 Å². The summed E-state index contributed by atoms with van der Waals surface area (Å²) < 4.78 is 16.3. The summed E-state index contributed by atoms with van der Waals surface area (Å²) in [5.41, 5.74) is 1.83. The van der Waals surface area contributed by atoms with Gasteiger partial charge in [0.05, 0.1) is 12.7 Å². The van der Waals surface area contributed by atoms with Crippen molar-refractivity contribution in [2.24, 2.45) is 0 Å². The summed E-state index contributed by atoms with van der Waals surface area (Å²) >= 11 is 0. The van der Waals surface area contributed by atoms with E-state index >= 15 is 0 Å². The van der Waals surface area contributed by atoms with Gasteiger partial charge in [0, 0.05) is 11.1 Å². The van der Waals surface area contributed by atoms with Crippen LogP contribution in [0.4, 0.5) is 0 Å². The molecule has 1 aliphatic heterocycles. The van der Waals surface area contributed by atoms with Crippen LogP contribution in [0.3, 0.4) is 0 Å². The molecule has 3 aromatic rings. The SMILES string of the molecule is CCc1cccc2c1C(c1ccc3c(c1)OCO3)=C(C(=O)O)C2(O)c1cccc(OC)c1. The van der Waals surface area contributed by atoms with Gasteiger partial charge in [-0.25, -0.2) is 4.79 Å². The molecule has 32 heavy (non-hydrogen) atoms. The second-order valence-electron chi connectivity index (χ2n) is 7.76. The molecule has 162 valence electrons. The summed E-state index contributed by atoms with van der Waals surface area (Å²) in [5, 5.41) is 22.6. The highest BCUT2D eigenvalue weighted by Gasteiger charge is 2.49. The lowest BCUT2D eigenvalue weighted by Crippen LogP contribution is -2.31. The van der Waals surface area contributed by atoms with Gasteiger partial charge in [-0.3, -0.25) is 0 Å². The average Bonchev–Trinajstić information content (AvgIpc) is 3.39. The van der Waals surface area contributed by atoms with Crippen molar-refractivity contribution in [2.75, 3.05) is 13.9 Å². The van der Waals surface area contributed by atoms with Gasteiger partial charge < -0.3 is 24.4 Å². The largest absolute Gasteiger partial charge is 0.497 e. The molecule has 1 unspecified atom stereocenters. The molecular weight excluding hydrogens is 408 g/mol. The second kappa shape index (κ2) is 7.43. The van der Waals surface area contributed by atoms with E-state index in [1.165, 1.54) is 7.11 Å². The van der Waals surface area contributed by atoms with Crippen LogP contribution in [-0.2, 0) is 16.8 Å². The van der Waals surface area contributed by atoms with Crippen LogP contribution in [0.5, 0.6) is 17.2 Å². The van der Waals surface area contributed by atoms with Crippen molar-refractivity contribution in [3.63, 3.8) is 0 Å². The molecule has 0 spiro atoms. The lowest BCUT2D eigenvalue weighted by Gasteiger charge is -2.27. The van der Waals surface area contributed by atoms with Crippen LogP contribution < -0.4 is 14.2 Å². The standard InChI is InChI=1S/C26H22O6/c1-3-15-6-4-9-19-22(15)23(16-10-11-20-21(12-16)32-14-31-20)24(25(27)28)26(19,29)17-7-5-8-18(13-17)30-2/h4-13,29H,3,14H2,1-2H3,(H,27,28). The van der Waals surface area contributed by atoms with E-state index in [9.17, 15) is 15.0 Å². The summed E-state index contributed by atoms with van der Waals surface area (Å²) in [7, 11) is 1.53. The van der Waals surface area contributed by atoms with Gasteiger partial charge in [-0.05, 0) is 52.9 Å². The zero-order valence-corrected chi connectivity index (χ0v) is 17.7. The molecule has 0 bridgehead atoms. The Kier molecular flexibility index (Phi) is 4.68. The van der Waals surface area contributed by atoms with E-state index in [0.717, 1.165) is 11.1 Å². The molecule has 0 amide bonds. The monoisotopic (exact) mass is 430 g/mol. The Morgan fingerprint density at radius 2 is 1.84 bits per heavy atom. The lowest BCUT2D eigenvalue weighted by molar-refractivity contribution is -0.134. The number of aliphatic hydroxyl groups is 1. The molecule has 1 heterocycles. The van der Waals surface area contributed by atoms with Crippen LogP contribution >= 0.6 is 0 Å². The maximum atomic E-state index is 12.7. The van der Waals surface area contributed by atoms with Crippen molar-refractivity contribution >= 4 is 11.5 Å². The zero-order chi connectivity index (χ0) is 22.5. The summed E-state index contributed by atoms with van der Waals surface area (Å²) in [5.74, 6) is 0.495. The van der Waals surface area contributed by atoms with E-state index in [4.69, 9.17) is 14.2 Å². The van der Waals surface area contributed by atoms with Crippen LogP contribution in [0.15, 0.2) is 66.2 Å². The first-order chi connectivity index (χ1) is 15.5. The maximum absolute atomic E-state index is 12.7. The summed E-state index contributed by atoms with van der Waals surface area (Å²) in [6.45, 7) is 2.13. The third-order valence-corrected chi connectivity index (χ3v) is 6.15. The Balaban J connectivity index is 1.87. The van der Waals surface area contributed by atoms with Crippen LogP contribution in [-0.4, -0.2) is 30.1 Å². The quantitative estimate of drug-likeness (QED) is 0.633. The summed E-state index contributed by atoms with van der Waals surface area (Å²) in [6.07, 6.45) is 0.679. The predicted octanol–water partition coefficient (Wildman–Crippen LogP) is 4.12. The number of carboxylic acid groups (broad SMARTS) is 1. The Morgan fingerprint density at radius 3 is 2.59 bits per heavy atom. The molecule has 2 N–H and O–H groups in total. The molecule has 2 aliphatic rings. The normalized spacial score (nSPS) is 18.6. The van der Waals surface area contributed by atoms with Crippen molar-refractivity contribution in [3.8, 4) is 17.2 Å². The van der Waals surface area contributed by atoms with Crippen molar-refractivity contribution in [3.05, 3.63) is 94.1 Å². The zero-order valence-electron chi connectivity index (χ0n) is 17.7. The van der Waals surface area contributed by atoms with Crippen LogP contribution in [0, 0.1) is 0 Å². The van der Waals surface area contributed by atoms with Crippen molar-refractivity contribution in [1.29, 1.82) is 0 Å². The number of aliphatic carboxylic acids is 1. The molecule has 1 aliphatic carbocycles. The summed E-state index contributed by atoms with van der Waals surface area (Å²) in [6, 6.07) is 17.8. The minimum absolute atomic E-state index is 0.0967. The van der Waals surface area contributed by atoms with Gasteiger partial charge >= 0.3 is 5.97 Å². The number of aryl methyl sites for hydroxylation is 1. The van der Waals surface area contributed by atoms with E-state index in [1.54, 1.807) is 48.5 Å². The van der Waals surface area contributed by atoms with E-state index in [-0.39, 0.29) is 12.4 Å². The molecule has 0 fully saturated rings. The van der Waals surface area contributed by atoms with Crippen LogP contribution in [0.2, 0.25) is 0 Å². The highest BCUT2D eigenvalue weighted by molar-refractivity contribution is 6.08. The smallest absolute Gasteiger partial charge is 0.335 e. The van der Waals surface area contributed by atoms with E-state index in [0.29, 0.717) is 45.9 Å². The van der Waals surface area contributed by atoms with Gasteiger partial charge in [0.15, 0.2) is 11.5 Å². The molecule has 6 nitrogen and oxygen atoms in total. The first kappa shape index (κ1) is 20.2. The molecule has 5 rings (SSSR count). The highest BCUT2D eigenvalue weighted by atomic mass is 16.7. The van der Waals surface area contributed by atoms with Crippen LogP contribution in [0.1, 0.15) is 34.7 Å². The number of hydrogen-bond donors (Lipinski definition) is 2. The number of ether oxygens (including phenoxy) is 3. The molecule has 0 radical (unpaired) electrons. The molecular formula is C26H22O6. The fraction of sp³-hybridized carbons (Fsp3) is 0.192. The van der Waals surface area contributed by atoms with Gasteiger partial charge in [0.1, 0.15) is 11.4 Å². The van der Waals surface area contributed by atoms with Crippen LogP contribution in [0.25, 0.3) is 5.57 Å². The number of hydrogen-bond acceptors (Lipinski definition) is 5. The molecule has 0 aromatic heterocycles. The maximum Gasteiger partial charge on any atom is 0.335 e. The minimum atomic E-state index is -1.85. The number of methoxy groups -OCH3 is 1. The molecule has 3 aromatic carbocycles. The highest BCUT2D eigenvalue weighted by Crippen LogP contribution is 2.53. The topological polar surface area (TPSA) is 85.2 Å². The van der Waals surface area contributed by atoms with Gasteiger partial charge in [-0.15, -0.1) is 0 Å². The number of rotatable bonds is 5. The van der Waals surface area contributed by atoms with Gasteiger partial charge in [0.25, 0.3) is 0 Å². The lowest BCUT2D eigenvalue weighted by atomic mass is 9.82. The van der Waals surface area contributed by atoms with Crippen molar-refractivity contribution in [2.45, 2.75) is 18.9 Å². The number of benzene rings is 3. The van der Waals surface area contributed by atoms with Gasteiger partial charge in [0.2, 0.25) is 6.79 Å². The van der Waals surface area contributed by atoms with E-state index < -0.39 is 11.6 Å². The first-order valence-electron chi connectivity index (χ1n) is 10.4. The third-order valence-electron chi connectivity index (χ3n) is 6.15. The molecule has 6 heteroatoms. The average molecular weight is 430 g/mol. The minimum Gasteiger partial charge on any atom is -0.497 e. The molecule has 0 saturated carbocycles. The molecule has 0 saturated heterocycles. The number of carboxylic acids is 1. The van der Waals surface area contributed by atoms with Gasteiger partial charge in [-0.2, -0.15) is 0 Å². The first-order valence-corrected chi connectivity index (χ1v) is 10.4. The Morgan fingerprint density at radius 1 is 1.06 bits per heavy atom. The second-order valence-corrected chi connectivity index (χ2v) is 7.76. The fourth-order valence-corrected chi connectivity index (χ4v) is 4.68. The number of carbonyl (C=O) groups is 1. The Hall–Kier alpha value is -3.77. The number of fused-ring (bicyclic) bond motifs is 2. The van der Waals surface area contributed by atoms with Gasteiger partial charge in [-0.1, -0.05) is 43.3 Å². The predicted molar refractivity (Wildman–Crippen MR) is 118 cm³/mol. The van der Waals surface area contributed by atoms with E-state index in [1.807, 2.05) is 19.1 Å². The molecule has 1 atom stereocenters. The third kappa shape index (κ3) is 2.80. The Labute approximate surface area is 185 Å².